The van der Waals surface area contributed by atoms with Gasteiger partial charge in [-0.2, -0.15) is 0 Å². The topological polar surface area (TPSA) is 80.9 Å². The van der Waals surface area contributed by atoms with E-state index in [1.807, 2.05) is 0 Å². The van der Waals surface area contributed by atoms with Crippen LogP contribution >= 0.6 is 11.6 Å². The molecule has 0 unspecified atom stereocenters. The van der Waals surface area contributed by atoms with Gasteiger partial charge in [0.2, 0.25) is 0 Å². The smallest absolute Gasteiger partial charge is 0.252 e. The van der Waals surface area contributed by atoms with E-state index in [4.69, 9.17) is 17.3 Å². The van der Waals surface area contributed by atoms with Crippen molar-refractivity contribution < 1.29 is 4.79 Å². The number of hydrogen-bond acceptors (Lipinski definition) is 4. The fourth-order valence-corrected chi connectivity index (χ4v) is 1.74. The van der Waals surface area contributed by atoms with E-state index in [0.29, 0.717) is 5.82 Å². The van der Waals surface area contributed by atoms with Gasteiger partial charge in [0.1, 0.15) is 0 Å². The van der Waals surface area contributed by atoms with E-state index in [9.17, 15) is 4.79 Å². The molecule has 1 aromatic heterocycles. The highest BCUT2D eigenvalue weighted by molar-refractivity contribution is 6.29. The Kier molecular flexibility index (Phi) is 3.05. The van der Waals surface area contributed by atoms with Gasteiger partial charge in [-0.05, 0) is 18.9 Å². The monoisotopic (exact) mass is 238 g/mol. The van der Waals surface area contributed by atoms with Crippen LogP contribution in [0.5, 0.6) is 0 Å². The van der Waals surface area contributed by atoms with Gasteiger partial charge < -0.3 is 11.1 Å². The zero-order chi connectivity index (χ0) is 11.5. The first-order valence-corrected chi connectivity index (χ1v) is 5.29. The van der Waals surface area contributed by atoms with Gasteiger partial charge >= 0.3 is 0 Å². The van der Waals surface area contributed by atoms with Gasteiger partial charge in [-0.3, -0.25) is 4.79 Å². The summed E-state index contributed by atoms with van der Waals surface area (Å²) in [5.41, 5.74) is 5.51. The third kappa shape index (κ3) is 2.30. The zero-order valence-corrected chi connectivity index (χ0v) is 9.24. The molecule has 0 aromatic carbocycles. The highest BCUT2D eigenvalue weighted by Gasteiger charge is 2.16. The minimum atomic E-state index is -0.565. The van der Waals surface area contributed by atoms with Crippen LogP contribution in [0.15, 0.2) is 18.2 Å². The molecule has 1 amide bonds. The Morgan fingerprint density at radius 3 is 2.75 bits per heavy atom. The van der Waals surface area contributed by atoms with E-state index in [-0.39, 0.29) is 16.8 Å². The quantitative estimate of drug-likeness (QED) is 0.779. The number of amides is 1. The standard InChI is InChI=1S/C10H11ClN4O/c11-8-5-7(9(12)16)10(15-14-8)13-6-3-1-2-4-6/h1-2,5-6H,3-4H2,(H2,12,16)(H,13,15). The van der Waals surface area contributed by atoms with Crippen LogP contribution in [0.4, 0.5) is 5.82 Å². The summed E-state index contributed by atoms with van der Waals surface area (Å²) in [5, 5.41) is 10.8. The Balaban J connectivity index is 2.22. The van der Waals surface area contributed by atoms with E-state index in [1.165, 1.54) is 6.07 Å². The molecule has 16 heavy (non-hydrogen) atoms. The van der Waals surface area contributed by atoms with Crippen LogP contribution in [0.1, 0.15) is 23.2 Å². The summed E-state index contributed by atoms with van der Waals surface area (Å²) in [4.78, 5) is 11.2. The molecule has 3 N–H and O–H groups in total. The number of anilines is 1. The lowest BCUT2D eigenvalue weighted by atomic mass is 10.2. The highest BCUT2D eigenvalue weighted by atomic mass is 35.5. The van der Waals surface area contributed by atoms with Crippen LogP contribution in [0, 0.1) is 0 Å². The van der Waals surface area contributed by atoms with E-state index in [1.54, 1.807) is 0 Å². The Labute approximate surface area is 97.7 Å². The van der Waals surface area contributed by atoms with E-state index in [0.717, 1.165) is 12.8 Å². The molecule has 1 aliphatic carbocycles. The lowest BCUT2D eigenvalue weighted by molar-refractivity contribution is 0.100. The molecular formula is C10H11ClN4O. The summed E-state index contributed by atoms with van der Waals surface area (Å²) >= 11 is 5.66. The fraction of sp³-hybridized carbons (Fsp3) is 0.300. The number of hydrogen-bond donors (Lipinski definition) is 2. The molecule has 0 bridgehead atoms. The van der Waals surface area contributed by atoms with Crippen LogP contribution in [0.3, 0.4) is 0 Å². The van der Waals surface area contributed by atoms with E-state index in [2.05, 4.69) is 27.7 Å². The molecule has 0 fully saturated rings. The maximum absolute atomic E-state index is 11.2. The lowest BCUT2D eigenvalue weighted by Gasteiger charge is -2.14. The molecule has 0 saturated heterocycles. The van der Waals surface area contributed by atoms with Crippen molar-refractivity contribution in [3.8, 4) is 0 Å². The molecule has 0 saturated carbocycles. The third-order valence-corrected chi connectivity index (χ3v) is 2.56. The Bertz CT molecular complexity index is 438. The summed E-state index contributed by atoms with van der Waals surface area (Å²) in [6.45, 7) is 0. The number of primary amides is 1. The van der Waals surface area contributed by atoms with Gasteiger partial charge in [-0.15, -0.1) is 10.2 Å². The summed E-state index contributed by atoms with van der Waals surface area (Å²) in [5.74, 6) is -0.171. The number of nitrogens with one attached hydrogen (secondary N) is 1. The second kappa shape index (κ2) is 4.49. The summed E-state index contributed by atoms with van der Waals surface area (Å²) < 4.78 is 0. The van der Waals surface area contributed by atoms with Crippen molar-refractivity contribution in [2.75, 3.05) is 5.32 Å². The molecule has 0 spiro atoms. The first-order valence-electron chi connectivity index (χ1n) is 4.91. The average Bonchev–Trinajstić information content (AvgIpc) is 2.73. The predicted octanol–water partition coefficient (Wildman–Crippen LogP) is 1.36. The van der Waals surface area contributed by atoms with Crippen LogP contribution in [-0.2, 0) is 0 Å². The third-order valence-electron chi connectivity index (χ3n) is 2.38. The molecule has 1 heterocycles. The minimum Gasteiger partial charge on any atom is -0.365 e. The van der Waals surface area contributed by atoms with Crippen LogP contribution in [-0.4, -0.2) is 22.1 Å². The maximum Gasteiger partial charge on any atom is 0.252 e. The molecule has 5 nitrogen and oxygen atoms in total. The summed E-state index contributed by atoms with van der Waals surface area (Å²) in [6, 6.07) is 1.66. The van der Waals surface area contributed by atoms with Gasteiger partial charge in [0.25, 0.3) is 5.91 Å². The van der Waals surface area contributed by atoms with E-state index < -0.39 is 5.91 Å². The molecule has 0 atom stereocenters. The van der Waals surface area contributed by atoms with Crippen LogP contribution < -0.4 is 11.1 Å². The molecular weight excluding hydrogens is 228 g/mol. The van der Waals surface area contributed by atoms with E-state index >= 15 is 0 Å². The lowest BCUT2D eigenvalue weighted by Crippen LogP contribution is -2.21. The van der Waals surface area contributed by atoms with Gasteiger partial charge in [-0.1, -0.05) is 23.8 Å². The molecule has 84 valence electrons. The second-order valence-corrected chi connectivity index (χ2v) is 3.96. The van der Waals surface area contributed by atoms with Gasteiger partial charge in [-0.25, -0.2) is 0 Å². The largest absolute Gasteiger partial charge is 0.365 e. The van der Waals surface area contributed by atoms with Crippen molar-refractivity contribution in [1.82, 2.24) is 10.2 Å². The number of halogens is 1. The van der Waals surface area contributed by atoms with Gasteiger partial charge in [0.05, 0.1) is 5.56 Å². The number of nitrogens with zero attached hydrogens (tertiary/aromatic N) is 2. The normalized spacial score (nSPS) is 15.3. The fourth-order valence-electron chi connectivity index (χ4n) is 1.59. The highest BCUT2D eigenvalue weighted by Crippen LogP contribution is 2.19. The van der Waals surface area contributed by atoms with Crippen molar-refractivity contribution in [2.24, 2.45) is 5.73 Å². The van der Waals surface area contributed by atoms with Crippen LogP contribution in [0.25, 0.3) is 0 Å². The molecule has 1 aliphatic rings. The minimum absolute atomic E-state index is 0.156. The van der Waals surface area contributed by atoms with Gasteiger partial charge in [0, 0.05) is 6.04 Å². The van der Waals surface area contributed by atoms with Crippen molar-refractivity contribution in [3.63, 3.8) is 0 Å². The number of nitrogens with two attached hydrogens (primary N) is 1. The number of carbonyl (C=O) groups excluding carboxylic acids is 1. The van der Waals surface area contributed by atoms with Crippen molar-refractivity contribution in [1.29, 1.82) is 0 Å². The van der Waals surface area contributed by atoms with Crippen molar-refractivity contribution >= 4 is 23.3 Å². The van der Waals surface area contributed by atoms with Crippen molar-refractivity contribution in [2.45, 2.75) is 18.9 Å². The Morgan fingerprint density at radius 1 is 1.44 bits per heavy atom. The van der Waals surface area contributed by atoms with Crippen molar-refractivity contribution in [3.05, 3.63) is 28.9 Å². The summed E-state index contributed by atoms with van der Waals surface area (Å²) in [7, 11) is 0. The molecule has 0 aliphatic heterocycles. The summed E-state index contributed by atoms with van der Waals surface area (Å²) in [6.07, 6.45) is 5.96. The maximum atomic E-state index is 11.2. The molecule has 6 heteroatoms. The SMILES string of the molecule is NC(=O)c1cc(Cl)nnc1NC1CC=CC1. The van der Waals surface area contributed by atoms with Gasteiger partial charge in [0.15, 0.2) is 11.0 Å². The second-order valence-electron chi connectivity index (χ2n) is 3.58. The zero-order valence-electron chi connectivity index (χ0n) is 8.48. The molecule has 1 aromatic rings. The Morgan fingerprint density at radius 2 is 2.12 bits per heavy atom. The number of rotatable bonds is 3. The first kappa shape index (κ1) is 10.9. The van der Waals surface area contributed by atoms with Crippen LogP contribution in [0.2, 0.25) is 5.15 Å². The predicted molar refractivity (Wildman–Crippen MR) is 61.3 cm³/mol. The number of carbonyl (C=O) groups is 1. The Hall–Kier alpha value is -1.62. The number of aromatic nitrogens is 2. The molecule has 0 radical (unpaired) electrons. The first-order chi connectivity index (χ1) is 7.66. The average molecular weight is 239 g/mol. The molecule has 2 rings (SSSR count).